The van der Waals surface area contributed by atoms with Gasteiger partial charge in [0.05, 0.1) is 17.0 Å². The van der Waals surface area contributed by atoms with E-state index in [2.05, 4.69) is 4.90 Å². The smallest absolute Gasteiger partial charge is 0.290 e. The molecule has 6 heteroatoms. The molecule has 0 spiro atoms. The highest BCUT2D eigenvalue weighted by molar-refractivity contribution is 6.30. The summed E-state index contributed by atoms with van der Waals surface area (Å²) in [6.07, 6.45) is 0.789. The molecule has 144 valence electrons. The van der Waals surface area contributed by atoms with Gasteiger partial charge >= 0.3 is 0 Å². The van der Waals surface area contributed by atoms with E-state index in [0.29, 0.717) is 28.1 Å². The first-order valence-corrected chi connectivity index (χ1v) is 9.62. The van der Waals surface area contributed by atoms with Crippen LogP contribution in [0.5, 0.6) is 0 Å². The number of hydrogen-bond donors (Lipinski definition) is 0. The molecule has 2 aromatic carbocycles. The quantitative estimate of drug-likeness (QED) is 0.655. The summed E-state index contributed by atoms with van der Waals surface area (Å²) in [7, 11) is 3.99. The van der Waals surface area contributed by atoms with Gasteiger partial charge in [0.1, 0.15) is 5.58 Å². The number of rotatable bonds is 5. The lowest BCUT2D eigenvalue weighted by atomic mass is 9.98. The Morgan fingerprint density at radius 1 is 1.11 bits per heavy atom. The van der Waals surface area contributed by atoms with E-state index in [1.807, 2.05) is 32.3 Å². The highest BCUT2D eigenvalue weighted by atomic mass is 35.5. The van der Waals surface area contributed by atoms with Crippen molar-refractivity contribution in [2.45, 2.75) is 12.5 Å². The third-order valence-electron chi connectivity index (χ3n) is 5.04. The third kappa shape index (κ3) is 3.21. The molecular formula is C22H21ClN2O3. The minimum atomic E-state index is -0.496. The van der Waals surface area contributed by atoms with E-state index in [1.54, 1.807) is 35.2 Å². The molecule has 0 fully saturated rings. The summed E-state index contributed by atoms with van der Waals surface area (Å²) in [5.41, 5.74) is 1.48. The number of para-hydroxylation sites is 1. The minimum absolute atomic E-state index is 0.138. The van der Waals surface area contributed by atoms with Gasteiger partial charge in [0.2, 0.25) is 5.76 Å². The summed E-state index contributed by atoms with van der Waals surface area (Å²) in [5.74, 6) is -0.111. The number of amides is 1. The number of benzene rings is 2. The maximum Gasteiger partial charge on any atom is 0.290 e. The Bertz CT molecular complexity index is 1110. The van der Waals surface area contributed by atoms with E-state index >= 15 is 0 Å². The first-order chi connectivity index (χ1) is 13.5. The van der Waals surface area contributed by atoms with Crippen LogP contribution in [-0.2, 0) is 0 Å². The molecule has 0 bridgehead atoms. The molecule has 1 amide bonds. The molecule has 1 aromatic heterocycles. The second-order valence-electron chi connectivity index (χ2n) is 7.28. The standard InChI is InChI=1S/C22H21ClN2O3/c1-24(2)11-6-12-25-19(14-7-5-8-15(23)13-14)18-20(26)16-9-3-4-10-17(16)28-21(18)22(25)27/h3-5,7-10,13,19H,6,11-12H2,1-2H3. The monoisotopic (exact) mass is 396 g/mol. The van der Waals surface area contributed by atoms with Gasteiger partial charge in [0.15, 0.2) is 5.43 Å². The highest BCUT2D eigenvalue weighted by Gasteiger charge is 2.42. The molecule has 0 aliphatic carbocycles. The first kappa shape index (κ1) is 18.7. The lowest BCUT2D eigenvalue weighted by Gasteiger charge is -2.25. The van der Waals surface area contributed by atoms with Crippen LogP contribution in [0.25, 0.3) is 11.0 Å². The summed E-state index contributed by atoms with van der Waals surface area (Å²) in [6, 6.07) is 13.9. The van der Waals surface area contributed by atoms with Gasteiger partial charge in [0, 0.05) is 11.6 Å². The predicted octanol–water partition coefficient (Wildman–Crippen LogP) is 3.94. The van der Waals surface area contributed by atoms with Crippen molar-refractivity contribution in [2.24, 2.45) is 0 Å². The zero-order valence-corrected chi connectivity index (χ0v) is 16.6. The second-order valence-corrected chi connectivity index (χ2v) is 7.72. The van der Waals surface area contributed by atoms with E-state index in [9.17, 15) is 9.59 Å². The molecule has 1 aliphatic rings. The van der Waals surface area contributed by atoms with Crippen molar-refractivity contribution >= 4 is 28.5 Å². The second kappa shape index (κ2) is 7.41. The highest BCUT2D eigenvalue weighted by Crippen LogP contribution is 2.38. The van der Waals surface area contributed by atoms with E-state index in [0.717, 1.165) is 18.5 Å². The van der Waals surface area contributed by atoms with Crippen molar-refractivity contribution in [2.75, 3.05) is 27.2 Å². The Kier molecular flexibility index (Phi) is 4.96. The molecule has 0 radical (unpaired) electrons. The van der Waals surface area contributed by atoms with Crippen molar-refractivity contribution in [1.82, 2.24) is 9.80 Å². The number of nitrogens with zero attached hydrogens (tertiary/aromatic N) is 2. The van der Waals surface area contributed by atoms with Crippen LogP contribution < -0.4 is 5.43 Å². The number of carbonyl (C=O) groups is 1. The Morgan fingerprint density at radius 3 is 2.64 bits per heavy atom. The fraction of sp³-hybridized carbons (Fsp3) is 0.273. The molecule has 0 saturated heterocycles. The maximum absolute atomic E-state index is 13.3. The average Bonchev–Trinajstić information content (AvgIpc) is 2.94. The fourth-order valence-electron chi connectivity index (χ4n) is 3.78. The van der Waals surface area contributed by atoms with Crippen LogP contribution in [0.2, 0.25) is 5.02 Å². The summed E-state index contributed by atoms with van der Waals surface area (Å²) < 4.78 is 5.90. The zero-order chi connectivity index (χ0) is 19.8. The van der Waals surface area contributed by atoms with Crippen molar-refractivity contribution in [3.8, 4) is 0 Å². The lowest BCUT2D eigenvalue weighted by Crippen LogP contribution is -2.32. The van der Waals surface area contributed by atoms with Gasteiger partial charge in [-0.15, -0.1) is 0 Å². The van der Waals surface area contributed by atoms with Gasteiger partial charge in [-0.25, -0.2) is 0 Å². The molecule has 1 atom stereocenters. The summed E-state index contributed by atoms with van der Waals surface area (Å²) in [4.78, 5) is 30.3. The van der Waals surface area contributed by atoms with Crippen LogP contribution >= 0.6 is 11.6 Å². The molecule has 4 rings (SSSR count). The molecule has 28 heavy (non-hydrogen) atoms. The minimum Gasteiger partial charge on any atom is -0.450 e. The molecule has 0 N–H and O–H groups in total. The molecule has 5 nitrogen and oxygen atoms in total. The average molecular weight is 397 g/mol. The maximum atomic E-state index is 13.3. The molecular weight excluding hydrogens is 376 g/mol. The van der Waals surface area contributed by atoms with E-state index in [4.69, 9.17) is 16.0 Å². The Hall–Kier alpha value is -2.63. The van der Waals surface area contributed by atoms with Crippen molar-refractivity contribution in [1.29, 1.82) is 0 Å². The van der Waals surface area contributed by atoms with E-state index in [1.165, 1.54) is 0 Å². The summed E-state index contributed by atoms with van der Waals surface area (Å²) in [6.45, 7) is 1.36. The zero-order valence-electron chi connectivity index (χ0n) is 15.8. The lowest BCUT2D eigenvalue weighted by molar-refractivity contribution is 0.0722. The van der Waals surface area contributed by atoms with Crippen LogP contribution in [-0.4, -0.2) is 42.9 Å². The fourth-order valence-corrected chi connectivity index (χ4v) is 3.98. The normalized spacial score (nSPS) is 16.2. The van der Waals surface area contributed by atoms with Gasteiger partial charge in [0.25, 0.3) is 5.91 Å². The Morgan fingerprint density at radius 2 is 1.89 bits per heavy atom. The first-order valence-electron chi connectivity index (χ1n) is 9.24. The number of fused-ring (bicyclic) bond motifs is 2. The van der Waals surface area contributed by atoms with E-state index in [-0.39, 0.29) is 17.1 Å². The molecule has 2 heterocycles. The molecule has 1 unspecified atom stereocenters. The van der Waals surface area contributed by atoms with Crippen LogP contribution in [0, 0.1) is 0 Å². The Balaban J connectivity index is 1.88. The van der Waals surface area contributed by atoms with E-state index < -0.39 is 6.04 Å². The van der Waals surface area contributed by atoms with Crippen molar-refractivity contribution in [3.63, 3.8) is 0 Å². The summed E-state index contributed by atoms with van der Waals surface area (Å²) in [5, 5.41) is 1.05. The molecule has 0 saturated carbocycles. The van der Waals surface area contributed by atoms with Gasteiger partial charge in [-0.1, -0.05) is 35.9 Å². The number of hydrogen-bond acceptors (Lipinski definition) is 4. The number of carbonyl (C=O) groups excluding carboxylic acids is 1. The topological polar surface area (TPSA) is 53.8 Å². The molecule has 3 aromatic rings. The largest absolute Gasteiger partial charge is 0.450 e. The van der Waals surface area contributed by atoms with Crippen molar-refractivity contribution < 1.29 is 9.21 Å². The van der Waals surface area contributed by atoms with Gasteiger partial charge in [-0.2, -0.15) is 0 Å². The van der Waals surface area contributed by atoms with Gasteiger partial charge in [-0.3, -0.25) is 9.59 Å². The van der Waals surface area contributed by atoms with Gasteiger partial charge in [-0.05, 0) is 56.9 Å². The Labute approximate surface area is 168 Å². The van der Waals surface area contributed by atoms with Crippen LogP contribution in [0.1, 0.15) is 34.1 Å². The number of halogens is 1. The van der Waals surface area contributed by atoms with Crippen LogP contribution in [0.15, 0.2) is 57.7 Å². The van der Waals surface area contributed by atoms with Crippen LogP contribution in [0.3, 0.4) is 0 Å². The SMILES string of the molecule is CN(C)CCCN1C(=O)c2oc3ccccc3c(=O)c2C1c1cccc(Cl)c1. The van der Waals surface area contributed by atoms with Gasteiger partial charge < -0.3 is 14.2 Å². The molecule has 1 aliphatic heterocycles. The van der Waals surface area contributed by atoms with Crippen molar-refractivity contribution in [3.05, 3.63) is 80.7 Å². The summed E-state index contributed by atoms with van der Waals surface area (Å²) >= 11 is 6.20. The third-order valence-corrected chi connectivity index (χ3v) is 5.28. The predicted molar refractivity (Wildman–Crippen MR) is 110 cm³/mol. The van der Waals surface area contributed by atoms with Crippen LogP contribution in [0.4, 0.5) is 0 Å².